The van der Waals surface area contributed by atoms with Crippen molar-refractivity contribution in [1.82, 2.24) is 19.7 Å². The second kappa shape index (κ2) is 9.50. The first kappa shape index (κ1) is 23.0. The van der Waals surface area contributed by atoms with Gasteiger partial charge in [-0.25, -0.2) is 4.98 Å². The number of likely N-dealkylation sites (tertiary alicyclic amines) is 1. The monoisotopic (exact) mass is 489 g/mol. The number of aryl methyl sites for hydroxylation is 1. The van der Waals surface area contributed by atoms with Gasteiger partial charge in [-0.3, -0.25) is 4.68 Å². The molecule has 180 valence electrons. The molecule has 0 bridgehead atoms. The Morgan fingerprint density at radius 1 is 1.12 bits per heavy atom. The molecule has 0 N–H and O–H groups in total. The Bertz CT molecular complexity index is 1150. The van der Waals surface area contributed by atoms with E-state index in [0.717, 1.165) is 54.0 Å². The number of rotatable bonds is 6. The Labute approximate surface area is 200 Å². The Balaban J connectivity index is 1.12. The van der Waals surface area contributed by atoms with Crippen LogP contribution in [-0.2, 0) is 17.6 Å². The lowest BCUT2D eigenvalue weighted by molar-refractivity contribution is -0.141. The zero-order chi connectivity index (χ0) is 23.7. The summed E-state index contributed by atoms with van der Waals surface area (Å²) < 4.78 is 40.1. The molecule has 6 nitrogen and oxygen atoms in total. The molecule has 2 aliphatic heterocycles. The van der Waals surface area contributed by atoms with Crippen molar-refractivity contribution in [2.75, 3.05) is 19.6 Å². The van der Waals surface area contributed by atoms with Gasteiger partial charge in [-0.15, -0.1) is 11.3 Å². The van der Waals surface area contributed by atoms with Crippen LogP contribution in [-0.4, -0.2) is 45.0 Å². The largest absolute Gasteiger partial charge is 0.435 e. The maximum Gasteiger partial charge on any atom is 0.435 e. The highest BCUT2D eigenvalue weighted by Crippen LogP contribution is 2.34. The van der Waals surface area contributed by atoms with E-state index in [4.69, 9.17) is 9.82 Å². The van der Waals surface area contributed by atoms with Crippen molar-refractivity contribution >= 4 is 17.0 Å². The van der Waals surface area contributed by atoms with Gasteiger partial charge in [-0.05, 0) is 44.5 Å². The van der Waals surface area contributed by atoms with Gasteiger partial charge in [-0.2, -0.15) is 18.3 Å². The number of thiazole rings is 1. The third-order valence-electron chi connectivity index (χ3n) is 6.49. The summed E-state index contributed by atoms with van der Waals surface area (Å²) in [5.41, 5.74) is 2.61. The number of benzene rings is 1. The lowest BCUT2D eigenvalue weighted by Crippen LogP contribution is -2.35. The van der Waals surface area contributed by atoms with Crippen LogP contribution < -0.4 is 0 Å². The maximum atomic E-state index is 12.9. The molecule has 1 fully saturated rings. The van der Waals surface area contributed by atoms with Crippen LogP contribution in [0.3, 0.4) is 0 Å². The molecule has 1 atom stereocenters. The number of hydrogen-bond acceptors (Lipinski definition) is 6. The molecule has 10 heteroatoms. The lowest BCUT2D eigenvalue weighted by Gasteiger charge is -2.31. The molecule has 2 aliphatic rings. The van der Waals surface area contributed by atoms with E-state index in [0.29, 0.717) is 31.1 Å². The fourth-order valence-electron chi connectivity index (χ4n) is 4.50. The Morgan fingerprint density at radius 3 is 2.59 bits per heavy atom. The second-order valence-electron chi connectivity index (χ2n) is 8.83. The SMILES string of the molecule is Cc1cc(C(F)(F)F)nn1CCN1CCC(c2nc(C3=NO[C@H](c4ccccc4)C3)cs2)CC1. The van der Waals surface area contributed by atoms with Gasteiger partial charge in [0.1, 0.15) is 5.71 Å². The number of halogens is 3. The molecule has 0 saturated carbocycles. The average Bonchev–Trinajstić information content (AvgIpc) is 3.58. The smallest absolute Gasteiger partial charge is 0.387 e. The van der Waals surface area contributed by atoms with Crippen molar-refractivity contribution in [2.24, 2.45) is 5.16 Å². The van der Waals surface area contributed by atoms with E-state index >= 15 is 0 Å². The molecule has 1 saturated heterocycles. The average molecular weight is 490 g/mol. The van der Waals surface area contributed by atoms with Crippen LogP contribution in [0.4, 0.5) is 13.2 Å². The third-order valence-corrected chi connectivity index (χ3v) is 7.50. The summed E-state index contributed by atoms with van der Waals surface area (Å²) in [5, 5.41) is 11.2. The van der Waals surface area contributed by atoms with Crippen LogP contribution >= 0.6 is 11.3 Å². The van der Waals surface area contributed by atoms with Crippen LogP contribution in [0.25, 0.3) is 0 Å². The molecule has 4 heterocycles. The normalized spacial score (nSPS) is 19.9. The zero-order valence-electron chi connectivity index (χ0n) is 18.8. The summed E-state index contributed by atoms with van der Waals surface area (Å²) in [4.78, 5) is 12.8. The molecule has 2 aromatic heterocycles. The van der Waals surface area contributed by atoms with Gasteiger partial charge in [0.25, 0.3) is 0 Å². The Hall–Kier alpha value is -2.72. The quantitative estimate of drug-likeness (QED) is 0.465. The number of nitrogens with zero attached hydrogens (tertiary/aromatic N) is 5. The Morgan fingerprint density at radius 2 is 1.88 bits per heavy atom. The molecule has 5 rings (SSSR count). The highest BCUT2D eigenvalue weighted by molar-refractivity contribution is 7.10. The van der Waals surface area contributed by atoms with E-state index in [1.54, 1.807) is 18.3 Å². The van der Waals surface area contributed by atoms with E-state index in [1.807, 2.05) is 30.3 Å². The molecule has 1 aromatic carbocycles. The van der Waals surface area contributed by atoms with Gasteiger partial charge in [-0.1, -0.05) is 35.5 Å². The van der Waals surface area contributed by atoms with Gasteiger partial charge >= 0.3 is 6.18 Å². The number of alkyl halides is 3. The van der Waals surface area contributed by atoms with Crippen LogP contribution in [0, 0.1) is 6.92 Å². The van der Waals surface area contributed by atoms with E-state index in [9.17, 15) is 13.2 Å². The predicted octanol–water partition coefficient (Wildman–Crippen LogP) is 5.41. The van der Waals surface area contributed by atoms with Crippen molar-refractivity contribution < 1.29 is 18.0 Å². The molecule has 0 unspecified atom stereocenters. The predicted molar refractivity (Wildman–Crippen MR) is 124 cm³/mol. The van der Waals surface area contributed by atoms with Gasteiger partial charge in [0.15, 0.2) is 11.8 Å². The van der Waals surface area contributed by atoms with Crippen molar-refractivity contribution in [3.8, 4) is 0 Å². The summed E-state index contributed by atoms with van der Waals surface area (Å²) in [7, 11) is 0. The number of oxime groups is 1. The topological polar surface area (TPSA) is 55.5 Å². The fourth-order valence-corrected chi connectivity index (χ4v) is 5.50. The van der Waals surface area contributed by atoms with Gasteiger partial charge < -0.3 is 9.74 Å². The molecule has 34 heavy (non-hydrogen) atoms. The number of aromatic nitrogens is 3. The molecule has 0 aliphatic carbocycles. The van der Waals surface area contributed by atoms with Crippen LogP contribution in [0.5, 0.6) is 0 Å². The molecular weight excluding hydrogens is 463 g/mol. The molecular formula is C24H26F3N5OS. The van der Waals surface area contributed by atoms with Crippen LogP contribution in [0.1, 0.15) is 58.9 Å². The molecule has 0 spiro atoms. The summed E-state index contributed by atoms with van der Waals surface area (Å²) in [6, 6.07) is 11.2. The van der Waals surface area contributed by atoms with Crippen molar-refractivity contribution in [3.05, 3.63) is 69.4 Å². The van der Waals surface area contributed by atoms with E-state index < -0.39 is 11.9 Å². The number of hydrogen-bond donors (Lipinski definition) is 0. The summed E-state index contributed by atoms with van der Waals surface area (Å²) in [6.45, 7) is 4.59. The summed E-state index contributed by atoms with van der Waals surface area (Å²) in [6.07, 6.45) is -1.79. The van der Waals surface area contributed by atoms with Gasteiger partial charge in [0.2, 0.25) is 0 Å². The van der Waals surface area contributed by atoms with E-state index in [-0.39, 0.29) is 6.10 Å². The van der Waals surface area contributed by atoms with Crippen molar-refractivity contribution in [1.29, 1.82) is 0 Å². The van der Waals surface area contributed by atoms with Crippen LogP contribution in [0.15, 0.2) is 46.9 Å². The fraction of sp³-hybridized carbons (Fsp3) is 0.458. The minimum absolute atomic E-state index is 0.0600. The van der Waals surface area contributed by atoms with Gasteiger partial charge in [0, 0.05) is 30.0 Å². The second-order valence-corrected chi connectivity index (χ2v) is 9.72. The Kier molecular flexibility index (Phi) is 6.44. The van der Waals surface area contributed by atoms with Crippen molar-refractivity contribution in [3.63, 3.8) is 0 Å². The third kappa shape index (κ3) is 5.02. The highest BCUT2D eigenvalue weighted by atomic mass is 32.1. The standard InChI is InChI=1S/C24H26F3N5OS/c1-16-13-22(24(25,26)27)29-32(16)12-11-31-9-7-18(8-10-31)23-28-20(15-34-23)19-14-21(33-30-19)17-5-3-2-4-6-17/h2-6,13,15,18,21H,7-12,14H2,1H3/t21-/m0/s1. The zero-order valence-corrected chi connectivity index (χ0v) is 19.6. The minimum atomic E-state index is -4.40. The molecule has 3 aromatic rings. The highest BCUT2D eigenvalue weighted by Gasteiger charge is 2.34. The van der Waals surface area contributed by atoms with Crippen LogP contribution in [0.2, 0.25) is 0 Å². The first-order chi connectivity index (χ1) is 16.4. The molecule has 0 amide bonds. The lowest BCUT2D eigenvalue weighted by atomic mass is 9.97. The van der Waals surface area contributed by atoms with Crippen molar-refractivity contribution in [2.45, 2.75) is 50.9 Å². The maximum absolute atomic E-state index is 12.9. The van der Waals surface area contributed by atoms with E-state index in [1.165, 1.54) is 4.68 Å². The van der Waals surface area contributed by atoms with E-state index in [2.05, 4.69) is 20.5 Å². The molecule has 0 radical (unpaired) electrons. The first-order valence-electron chi connectivity index (χ1n) is 11.4. The van der Waals surface area contributed by atoms with Gasteiger partial charge in [0.05, 0.1) is 17.2 Å². The summed E-state index contributed by atoms with van der Waals surface area (Å²) in [5.74, 6) is 0.395. The summed E-state index contributed by atoms with van der Waals surface area (Å²) >= 11 is 1.67. The first-order valence-corrected chi connectivity index (χ1v) is 12.3. The minimum Gasteiger partial charge on any atom is -0.387 e. The number of piperidine rings is 1.